The Morgan fingerprint density at radius 2 is 2.10 bits per heavy atom. The first-order valence-electron chi connectivity index (χ1n) is 7.15. The van der Waals surface area contributed by atoms with Crippen molar-refractivity contribution in [3.05, 3.63) is 41.9 Å². The summed E-state index contributed by atoms with van der Waals surface area (Å²) in [4.78, 5) is 0. The molecule has 1 aromatic carbocycles. The average Bonchev–Trinajstić information content (AvgIpc) is 3.13. The summed E-state index contributed by atoms with van der Waals surface area (Å²) < 4.78 is 21.9. The van der Waals surface area contributed by atoms with Crippen molar-refractivity contribution in [2.75, 3.05) is 13.3 Å². The number of benzene rings is 1. The first-order valence-corrected chi connectivity index (χ1v) is 7.15. The molecule has 3 rings (SSSR count). The van der Waals surface area contributed by atoms with Crippen LogP contribution >= 0.6 is 0 Å². The lowest BCUT2D eigenvalue weighted by Gasteiger charge is -2.08. The van der Waals surface area contributed by atoms with E-state index in [1.807, 2.05) is 24.3 Å². The molecule has 2 heterocycles. The van der Waals surface area contributed by atoms with Crippen molar-refractivity contribution >= 4 is 0 Å². The van der Waals surface area contributed by atoms with Gasteiger partial charge >= 0.3 is 0 Å². The van der Waals surface area contributed by atoms with Gasteiger partial charge in [-0.2, -0.15) is 0 Å². The van der Waals surface area contributed by atoms with Crippen LogP contribution in [0.15, 0.2) is 34.9 Å². The van der Waals surface area contributed by atoms with Crippen LogP contribution < -0.4 is 19.5 Å². The van der Waals surface area contributed by atoms with E-state index >= 15 is 0 Å². The third kappa shape index (κ3) is 3.31. The zero-order chi connectivity index (χ0) is 14.5. The van der Waals surface area contributed by atoms with Crippen molar-refractivity contribution in [1.29, 1.82) is 0 Å². The van der Waals surface area contributed by atoms with Crippen molar-refractivity contribution in [3.8, 4) is 17.2 Å². The van der Waals surface area contributed by atoms with E-state index in [0.29, 0.717) is 6.61 Å². The van der Waals surface area contributed by atoms with Crippen LogP contribution in [0.4, 0.5) is 0 Å². The highest BCUT2D eigenvalue weighted by atomic mass is 16.7. The molecule has 0 saturated heterocycles. The number of hydrogen-bond donors (Lipinski definition) is 1. The molecular weight excluding hydrogens is 270 g/mol. The van der Waals surface area contributed by atoms with E-state index in [9.17, 15) is 0 Å². The molecule has 0 aliphatic carbocycles. The normalized spacial score (nSPS) is 12.6. The van der Waals surface area contributed by atoms with Crippen LogP contribution in [0.1, 0.15) is 24.7 Å². The smallest absolute Gasteiger partial charge is 0.231 e. The fraction of sp³-hybridized carbons (Fsp3) is 0.375. The predicted molar refractivity (Wildman–Crippen MR) is 77.6 cm³/mol. The summed E-state index contributed by atoms with van der Waals surface area (Å²) in [5.74, 6) is 3.16. The summed E-state index contributed by atoms with van der Waals surface area (Å²) in [5, 5.41) is 3.32. The highest BCUT2D eigenvalue weighted by Gasteiger charge is 2.14. The molecule has 5 heteroatoms. The van der Waals surface area contributed by atoms with Crippen LogP contribution in [-0.4, -0.2) is 13.3 Å². The first kappa shape index (κ1) is 13.8. The molecule has 1 aromatic heterocycles. The number of hydrogen-bond acceptors (Lipinski definition) is 5. The Labute approximate surface area is 123 Å². The third-order valence-electron chi connectivity index (χ3n) is 3.29. The van der Waals surface area contributed by atoms with Gasteiger partial charge in [-0.1, -0.05) is 6.92 Å². The van der Waals surface area contributed by atoms with Crippen molar-refractivity contribution < 1.29 is 18.6 Å². The average molecular weight is 289 g/mol. The van der Waals surface area contributed by atoms with E-state index in [2.05, 4.69) is 12.2 Å². The standard InChI is InChI=1S/C16H19NO4/c1-2-6-17-9-16-12(5-7-18-16)10-19-13-3-4-14-15(8-13)21-11-20-14/h3-5,7-8,17H,2,6,9-11H2,1H3. The molecule has 0 bridgehead atoms. The minimum Gasteiger partial charge on any atom is -0.489 e. The van der Waals surface area contributed by atoms with Crippen LogP contribution in [0.2, 0.25) is 0 Å². The summed E-state index contributed by atoms with van der Waals surface area (Å²) in [6, 6.07) is 7.52. The van der Waals surface area contributed by atoms with Crippen molar-refractivity contribution in [2.45, 2.75) is 26.5 Å². The Morgan fingerprint density at radius 3 is 3.00 bits per heavy atom. The number of ether oxygens (including phenoxy) is 3. The molecule has 1 aliphatic rings. The summed E-state index contributed by atoms with van der Waals surface area (Å²) in [6.07, 6.45) is 2.80. The summed E-state index contributed by atoms with van der Waals surface area (Å²) in [7, 11) is 0. The summed E-state index contributed by atoms with van der Waals surface area (Å²) in [5.41, 5.74) is 1.05. The van der Waals surface area contributed by atoms with Gasteiger partial charge in [0.2, 0.25) is 6.79 Å². The van der Waals surface area contributed by atoms with Crippen molar-refractivity contribution in [1.82, 2.24) is 5.32 Å². The molecule has 5 nitrogen and oxygen atoms in total. The Morgan fingerprint density at radius 1 is 1.19 bits per heavy atom. The Bertz CT molecular complexity index is 594. The molecule has 1 aliphatic heterocycles. The van der Waals surface area contributed by atoms with Gasteiger partial charge in [0.1, 0.15) is 18.1 Å². The maximum absolute atomic E-state index is 5.80. The molecule has 2 aromatic rings. The van der Waals surface area contributed by atoms with Crippen LogP contribution in [-0.2, 0) is 13.2 Å². The Hall–Kier alpha value is -2.14. The predicted octanol–water partition coefficient (Wildman–Crippen LogP) is 3.09. The first-order chi connectivity index (χ1) is 10.4. The Balaban J connectivity index is 1.59. The number of nitrogens with one attached hydrogen (secondary N) is 1. The second-order valence-corrected chi connectivity index (χ2v) is 4.85. The minimum absolute atomic E-state index is 0.272. The molecule has 0 radical (unpaired) electrons. The van der Waals surface area contributed by atoms with E-state index in [-0.39, 0.29) is 6.79 Å². The van der Waals surface area contributed by atoms with Gasteiger partial charge in [0, 0.05) is 11.6 Å². The lowest BCUT2D eigenvalue weighted by molar-refractivity contribution is 0.173. The maximum Gasteiger partial charge on any atom is 0.231 e. The minimum atomic E-state index is 0.272. The number of furan rings is 1. The molecule has 0 amide bonds. The van der Waals surface area contributed by atoms with E-state index in [1.165, 1.54) is 0 Å². The van der Waals surface area contributed by atoms with E-state index in [1.54, 1.807) is 6.26 Å². The summed E-state index contributed by atoms with van der Waals surface area (Å²) >= 11 is 0. The van der Waals surface area contributed by atoms with Gasteiger partial charge in [0.25, 0.3) is 0 Å². The second-order valence-electron chi connectivity index (χ2n) is 4.85. The topological polar surface area (TPSA) is 52.9 Å². The highest BCUT2D eigenvalue weighted by Crippen LogP contribution is 2.35. The van der Waals surface area contributed by atoms with Crippen LogP contribution in [0.3, 0.4) is 0 Å². The zero-order valence-electron chi connectivity index (χ0n) is 12.1. The van der Waals surface area contributed by atoms with Gasteiger partial charge in [-0.05, 0) is 31.2 Å². The van der Waals surface area contributed by atoms with E-state index < -0.39 is 0 Å². The van der Waals surface area contributed by atoms with Crippen LogP contribution in [0.5, 0.6) is 17.2 Å². The Kier molecular flexibility index (Phi) is 4.31. The van der Waals surface area contributed by atoms with Gasteiger partial charge in [-0.15, -0.1) is 0 Å². The highest BCUT2D eigenvalue weighted by molar-refractivity contribution is 5.46. The van der Waals surface area contributed by atoms with Crippen molar-refractivity contribution in [2.24, 2.45) is 0 Å². The van der Waals surface area contributed by atoms with Gasteiger partial charge in [-0.25, -0.2) is 0 Å². The molecule has 112 valence electrons. The quantitative estimate of drug-likeness (QED) is 0.794. The monoisotopic (exact) mass is 289 g/mol. The lowest BCUT2D eigenvalue weighted by atomic mass is 10.2. The van der Waals surface area contributed by atoms with Gasteiger partial charge in [-0.3, -0.25) is 0 Å². The summed E-state index contributed by atoms with van der Waals surface area (Å²) in [6.45, 7) is 4.58. The number of fused-ring (bicyclic) bond motifs is 1. The van der Waals surface area contributed by atoms with E-state index in [4.69, 9.17) is 18.6 Å². The van der Waals surface area contributed by atoms with Gasteiger partial charge in [0.15, 0.2) is 11.5 Å². The van der Waals surface area contributed by atoms with Gasteiger partial charge in [0.05, 0.1) is 12.8 Å². The molecule has 21 heavy (non-hydrogen) atoms. The number of rotatable bonds is 7. The molecule has 0 spiro atoms. The largest absolute Gasteiger partial charge is 0.489 e. The van der Waals surface area contributed by atoms with Crippen LogP contribution in [0.25, 0.3) is 0 Å². The zero-order valence-corrected chi connectivity index (χ0v) is 12.1. The molecule has 0 unspecified atom stereocenters. The fourth-order valence-electron chi connectivity index (χ4n) is 2.16. The SMILES string of the molecule is CCCNCc1occc1COc1ccc2c(c1)OCO2. The fourth-order valence-corrected chi connectivity index (χ4v) is 2.16. The molecule has 1 N–H and O–H groups in total. The molecule has 0 fully saturated rings. The van der Waals surface area contributed by atoms with E-state index in [0.717, 1.165) is 48.1 Å². The van der Waals surface area contributed by atoms with Gasteiger partial charge < -0.3 is 23.9 Å². The lowest BCUT2D eigenvalue weighted by Crippen LogP contribution is -2.14. The molecule has 0 saturated carbocycles. The second kappa shape index (κ2) is 6.54. The van der Waals surface area contributed by atoms with Crippen LogP contribution in [0, 0.1) is 0 Å². The molecular formula is C16H19NO4. The maximum atomic E-state index is 5.80. The van der Waals surface area contributed by atoms with Crippen molar-refractivity contribution in [3.63, 3.8) is 0 Å². The molecule has 0 atom stereocenters. The third-order valence-corrected chi connectivity index (χ3v) is 3.29.